The minimum absolute atomic E-state index is 0.0156. The van der Waals surface area contributed by atoms with Crippen molar-refractivity contribution in [2.45, 2.75) is 25.7 Å². The molecule has 0 unspecified atom stereocenters. The van der Waals surface area contributed by atoms with Gasteiger partial charge in [0.05, 0.1) is 19.3 Å². The number of para-hydroxylation sites is 1. The van der Waals surface area contributed by atoms with Crippen LogP contribution in [0.25, 0.3) is 10.9 Å². The summed E-state index contributed by atoms with van der Waals surface area (Å²) in [5.41, 5.74) is 1.50. The molecule has 0 fully saturated rings. The van der Waals surface area contributed by atoms with Gasteiger partial charge in [0.2, 0.25) is 18.4 Å². The van der Waals surface area contributed by atoms with E-state index in [9.17, 15) is 19.5 Å². The molecule has 0 saturated heterocycles. The number of methoxy groups -OCH3 is 1. The van der Waals surface area contributed by atoms with Gasteiger partial charge in [0.1, 0.15) is 11.3 Å². The lowest BCUT2D eigenvalue weighted by Gasteiger charge is -2.20. The van der Waals surface area contributed by atoms with E-state index >= 15 is 0 Å². The number of carbonyl (C=O) groups excluding carboxylic acids is 2. The fourth-order valence-corrected chi connectivity index (χ4v) is 4.89. The minimum Gasteiger partial charge on any atom is -0.506 e. The Bertz CT molecular complexity index is 1620. The van der Waals surface area contributed by atoms with E-state index in [-0.39, 0.29) is 36.9 Å². The van der Waals surface area contributed by atoms with E-state index in [4.69, 9.17) is 18.9 Å². The van der Waals surface area contributed by atoms with E-state index in [1.54, 1.807) is 19.1 Å². The quantitative estimate of drug-likeness (QED) is 0.221. The number of H-pyrrole nitrogens is 2. The highest BCUT2D eigenvalue weighted by Crippen LogP contribution is 2.45. The van der Waals surface area contributed by atoms with E-state index < -0.39 is 23.2 Å². The van der Waals surface area contributed by atoms with Gasteiger partial charge in [0, 0.05) is 42.2 Å². The zero-order valence-corrected chi connectivity index (χ0v) is 22.0. The van der Waals surface area contributed by atoms with Crippen molar-refractivity contribution in [3.8, 4) is 23.0 Å². The molecule has 2 aromatic carbocycles. The molecule has 1 aliphatic rings. The molecule has 3 heterocycles. The lowest BCUT2D eigenvalue weighted by Crippen LogP contribution is -2.29. The van der Waals surface area contributed by atoms with E-state index in [1.165, 1.54) is 7.11 Å². The number of fused-ring (bicyclic) bond motifs is 2. The zero-order valence-electron chi connectivity index (χ0n) is 22.0. The molecule has 4 aromatic rings. The standard InChI is InChI=1S/C29H29N3O8/c1-3-38-29(36)20-14-32-28(35)25(26(20)34)19(17-10-22(37-2)27-23(11-17)39-15-40-27)12-24(33)30-9-8-16-13-31-21-7-5-4-6-18(16)21/h4-7,10-11,13-14,19,31H,3,8-9,12,15H2,1-2H3,(H,30,33)(H2,32,34,35)/t19-/m0/s1. The number of hydrogen-bond acceptors (Lipinski definition) is 8. The van der Waals surface area contributed by atoms with Gasteiger partial charge >= 0.3 is 5.97 Å². The molecule has 0 aliphatic carbocycles. The Kier molecular flexibility index (Phi) is 7.63. The summed E-state index contributed by atoms with van der Waals surface area (Å²) in [5.74, 6) is -1.58. The molecule has 5 rings (SSSR count). The summed E-state index contributed by atoms with van der Waals surface area (Å²) in [5, 5.41) is 15.1. The molecule has 11 nitrogen and oxygen atoms in total. The highest BCUT2D eigenvalue weighted by molar-refractivity contribution is 5.92. The first-order chi connectivity index (χ1) is 19.4. The maximum absolute atomic E-state index is 13.2. The number of ether oxygens (including phenoxy) is 4. The molecule has 208 valence electrons. The molecular formula is C29H29N3O8. The van der Waals surface area contributed by atoms with Crippen LogP contribution in [0.1, 0.15) is 46.3 Å². The summed E-state index contributed by atoms with van der Waals surface area (Å²) in [6.45, 7) is 2.04. The van der Waals surface area contributed by atoms with Crippen LogP contribution in [-0.4, -0.2) is 54.0 Å². The fourth-order valence-electron chi connectivity index (χ4n) is 4.89. The predicted octanol–water partition coefficient (Wildman–Crippen LogP) is 3.36. The Morgan fingerprint density at radius 1 is 1.15 bits per heavy atom. The van der Waals surface area contributed by atoms with Crippen LogP contribution in [-0.2, 0) is 16.0 Å². The SMILES string of the molecule is CCOC(=O)c1c[nH]c(=O)c([C@@H](CC(=O)NCCc2c[nH]c3ccccc23)c2cc(OC)c3c(c2)OCO3)c1O. The molecule has 2 aromatic heterocycles. The highest BCUT2D eigenvalue weighted by atomic mass is 16.7. The number of benzene rings is 2. The smallest absolute Gasteiger partial charge is 0.343 e. The van der Waals surface area contributed by atoms with Gasteiger partial charge in [0.25, 0.3) is 5.56 Å². The third-order valence-electron chi connectivity index (χ3n) is 6.81. The van der Waals surface area contributed by atoms with Crippen molar-refractivity contribution in [2.24, 2.45) is 0 Å². The second-order valence-electron chi connectivity index (χ2n) is 9.19. The van der Waals surface area contributed by atoms with Gasteiger partial charge in [0.15, 0.2) is 11.5 Å². The van der Waals surface area contributed by atoms with Gasteiger partial charge in [-0.3, -0.25) is 9.59 Å². The lowest BCUT2D eigenvalue weighted by molar-refractivity contribution is -0.121. The molecule has 0 spiro atoms. The van der Waals surface area contributed by atoms with Crippen molar-refractivity contribution in [1.29, 1.82) is 0 Å². The summed E-state index contributed by atoms with van der Waals surface area (Å²) in [7, 11) is 1.46. The maximum Gasteiger partial charge on any atom is 0.343 e. The number of esters is 1. The van der Waals surface area contributed by atoms with Gasteiger partial charge in [-0.05, 0) is 42.7 Å². The normalized spacial score (nSPS) is 12.8. The number of aromatic hydroxyl groups is 1. The monoisotopic (exact) mass is 547 g/mol. The number of nitrogens with one attached hydrogen (secondary N) is 3. The number of aromatic nitrogens is 2. The van der Waals surface area contributed by atoms with Gasteiger partial charge in [-0.2, -0.15) is 0 Å². The Labute approximate surface area is 229 Å². The molecule has 0 radical (unpaired) electrons. The number of hydrogen-bond donors (Lipinski definition) is 4. The molecular weight excluding hydrogens is 518 g/mol. The van der Waals surface area contributed by atoms with E-state index in [0.717, 1.165) is 22.7 Å². The van der Waals surface area contributed by atoms with Crippen LogP contribution in [0.4, 0.5) is 0 Å². The number of aromatic amines is 2. The Hall–Kier alpha value is -4.93. The summed E-state index contributed by atoms with van der Waals surface area (Å²) in [6, 6.07) is 11.1. The number of carbonyl (C=O) groups is 2. The van der Waals surface area contributed by atoms with Gasteiger partial charge in [-0.1, -0.05) is 18.2 Å². The van der Waals surface area contributed by atoms with Crippen LogP contribution in [0.2, 0.25) is 0 Å². The van der Waals surface area contributed by atoms with Crippen LogP contribution < -0.4 is 25.1 Å². The van der Waals surface area contributed by atoms with E-state index in [0.29, 0.717) is 35.8 Å². The van der Waals surface area contributed by atoms with Gasteiger partial charge < -0.3 is 39.3 Å². The maximum atomic E-state index is 13.2. The van der Waals surface area contributed by atoms with Crippen LogP contribution in [0.3, 0.4) is 0 Å². The van der Waals surface area contributed by atoms with E-state index in [2.05, 4.69) is 15.3 Å². The number of amides is 1. The first-order valence-electron chi connectivity index (χ1n) is 12.8. The summed E-state index contributed by atoms with van der Waals surface area (Å²) in [4.78, 5) is 44.5. The second kappa shape index (κ2) is 11.4. The molecule has 1 amide bonds. The average molecular weight is 548 g/mol. The van der Waals surface area contributed by atoms with Crippen molar-refractivity contribution >= 4 is 22.8 Å². The van der Waals surface area contributed by atoms with Crippen molar-refractivity contribution in [3.63, 3.8) is 0 Å². The van der Waals surface area contributed by atoms with Crippen LogP contribution in [0.15, 0.2) is 53.6 Å². The molecule has 0 bridgehead atoms. The van der Waals surface area contributed by atoms with Crippen molar-refractivity contribution in [1.82, 2.24) is 15.3 Å². The second-order valence-corrected chi connectivity index (χ2v) is 9.19. The summed E-state index contributed by atoms with van der Waals surface area (Å²) >= 11 is 0. The first-order valence-corrected chi connectivity index (χ1v) is 12.8. The lowest BCUT2D eigenvalue weighted by atomic mass is 9.87. The van der Waals surface area contributed by atoms with Crippen molar-refractivity contribution in [2.75, 3.05) is 27.1 Å². The third-order valence-corrected chi connectivity index (χ3v) is 6.81. The van der Waals surface area contributed by atoms with Crippen LogP contribution >= 0.6 is 0 Å². The summed E-state index contributed by atoms with van der Waals surface area (Å²) < 4.78 is 21.5. The highest BCUT2D eigenvalue weighted by Gasteiger charge is 2.31. The van der Waals surface area contributed by atoms with Crippen LogP contribution in [0, 0.1) is 0 Å². The summed E-state index contributed by atoms with van der Waals surface area (Å²) in [6.07, 6.45) is 3.39. The molecule has 4 N–H and O–H groups in total. The number of pyridine rings is 1. The van der Waals surface area contributed by atoms with Crippen molar-refractivity contribution in [3.05, 3.63) is 81.4 Å². The van der Waals surface area contributed by atoms with E-state index in [1.807, 2.05) is 30.5 Å². The Morgan fingerprint density at radius 3 is 2.77 bits per heavy atom. The molecule has 1 atom stereocenters. The topological polar surface area (TPSA) is 152 Å². The zero-order chi connectivity index (χ0) is 28.2. The predicted molar refractivity (Wildman–Crippen MR) is 145 cm³/mol. The third kappa shape index (κ3) is 5.18. The largest absolute Gasteiger partial charge is 0.506 e. The van der Waals surface area contributed by atoms with Gasteiger partial charge in [-0.25, -0.2) is 4.79 Å². The average Bonchev–Trinajstić information content (AvgIpc) is 3.59. The Balaban J connectivity index is 1.46. The van der Waals surface area contributed by atoms with Crippen molar-refractivity contribution < 1.29 is 33.6 Å². The molecule has 11 heteroatoms. The Morgan fingerprint density at radius 2 is 1.98 bits per heavy atom. The van der Waals surface area contributed by atoms with Gasteiger partial charge in [-0.15, -0.1) is 0 Å². The fraction of sp³-hybridized carbons (Fsp3) is 0.276. The first kappa shape index (κ1) is 26.7. The molecule has 1 aliphatic heterocycles. The number of rotatable bonds is 10. The van der Waals surface area contributed by atoms with Crippen LogP contribution in [0.5, 0.6) is 23.0 Å². The molecule has 0 saturated carbocycles. The molecule has 40 heavy (non-hydrogen) atoms. The minimum atomic E-state index is -0.963.